The number of amides is 1. The van der Waals surface area contributed by atoms with Crippen LogP contribution in [0.1, 0.15) is 28.0 Å². The molecule has 1 heterocycles. The largest absolute Gasteiger partial charge is 0.457 e. The van der Waals surface area contributed by atoms with E-state index in [9.17, 15) is 4.79 Å². The molecule has 0 radical (unpaired) electrons. The molecular weight excluding hydrogens is 278 g/mol. The third kappa shape index (κ3) is 3.09. The van der Waals surface area contributed by atoms with Crippen LogP contribution in [0.15, 0.2) is 36.5 Å². The first-order chi connectivity index (χ1) is 10.7. The molecule has 3 rings (SSSR count). The van der Waals surface area contributed by atoms with Crippen molar-refractivity contribution in [2.45, 2.75) is 25.3 Å². The molecule has 1 aromatic heterocycles. The molecule has 1 atom stereocenters. The Morgan fingerprint density at radius 2 is 2.09 bits per heavy atom. The predicted octanol–water partition coefficient (Wildman–Crippen LogP) is 2.05. The number of benzene rings is 1. The van der Waals surface area contributed by atoms with Gasteiger partial charge in [0.15, 0.2) is 0 Å². The molecule has 0 aliphatic heterocycles. The van der Waals surface area contributed by atoms with Crippen LogP contribution in [0.3, 0.4) is 0 Å². The van der Waals surface area contributed by atoms with Crippen LogP contribution in [0.2, 0.25) is 0 Å². The first kappa shape index (κ1) is 14.5. The highest BCUT2D eigenvalue weighted by Gasteiger charge is 2.16. The van der Waals surface area contributed by atoms with E-state index in [0.717, 1.165) is 25.0 Å². The van der Waals surface area contributed by atoms with E-state index in [4.69, 9.17) is 10.5 Å². The normalized spacial score (nSPS) is 16.7. The Hall–Kier alpha value is -2.40. The van der Waals surface area contributed by atoms with Gasteiger partial charge in [-0.15, -0.1) is 0 Å². The highest BCUT2D eigenvalue weighted by atomic mass is 16.5. The SMILES string of the molecule is CNC(=O)c1cc(Oc2ccc3c(c2)CC(N)CC3)ccn1. The van der Waals surface area contributed by atoms with Crippen LogP contribution in [0.25, 0.3) is 0 Å². The molecule has 1 aromatic carbocycles. The fourth-order valence-electron chi connectivity index (χ4n) is 2.69. The van der Waals surface area contributed by atoms with E-state index < -0.39 is 0 Å². The van der Waals surface area contributed by atoms with Gasteiger partial charge in [0.05, 0.1) is 0 Å². The van der Waals surface area contributed by atoms with Gasteiger partial charge in [0.2, 0.25) is 0 Å². The number of hydrogen-bond donors (Lipinski definition) is 2. The van der Waals surface area contributed by atoms with E-state index >= 15 is 0 Å². The maximum atomic E-state index is 11.6. The van der Waals surface area contributed by atoms with Gasteiger partial charge in [0, 0.05) is 25.4 Å². The number of ether oxygens (including phenoxy) is 1. The number of aryl methyl sites for hydroxylation is 1. The number of pyridine rings is 1. The summed E-state index contributed by atoms with van der Waals surface area (Å²) in [6.07, 6.45) is 4.50. The summed E-state index contributed by atoms with van der Waals surface area (Å²) < 4.78 is 5.85. The van der Waals surface area contributed by atoms with Crippen LogP contribution in [0.5, 0.6) is 11.5 Å². The molecule has 1 aliphatic rings. The monoisotopic (exact) mass is 297 g/mol. The van der Waals surface area contributed by atoms with Crippen LogP contribution in [0.4, 0.5) is 0 Å². The number of nitrogens with one attached hydrogen (secondary N) is 1. The third-order valence-electron chi connectivity index (χ3n) is 3.87. The summed E-state index contributed by atoms with van der Waals surface area (Å²) in [5.41, 5.74) is 8.95. The molecule has 0 saturated carbocycles. The molecule has 114 valence electrons. The van der Waals surface area contributed by atoms with Crippen molar-refractivity contribution in [3.05, 3.63) is 53.3 Å². The zero-order valence-electron chi connectivity index (χ0n) is 12.5. The first-order valence-electron chi connectivity index (χ1n) is 7.39. The van der Waals surface area contributed by atoms with Crippen molar-refractivity contribution in [1.82, 2.24) is 10.3 Å². The highest BCUT2D eigenvalue weighted by molar-refractivity contribution is 5.92. The van der Waals surface area contributed by atoms with Crippen LogP contribution in [-0.4, -0.2) is 24.0 Å². The van der Waals surface area contributed by atoms with Crippen molar-refractivity contribution in [3.8, 4) is 11.5 Å². The zero-order valence-corrected chi connectivity index (χ0v) is 12.5. The number of nitrogens with zero attached hydrogens (tertiary/aromatic N) is 1. The van der Waals surface area contributed by atoms with Gasteiger partial charge in [0.1, 0.15) is 17.2 Å². The molecule has 0 spiro atoms. The predicted molar refractivity (Wildman–Crippen MR) is 84.1 cm³/mol. The highest BCUT2D eigenvalue weighted by Crippen LogP contribution is 2.28. The minimum atomic E-state index is -0.234. The lowest BCUT2D eigenvalue weighted by atomic mass is 9.89. The summed E-state index contributed by atoms with van der Waals surface area (Å²) in [4.78, 5) is 15.6. The molecule has 0 fully saturated rings. The van der Waals surface area contributed by atoms with Crippen molar-refractivity contribution in [2.75, 3.05) is 7.05 Å². The van der Waals surface area contributed by atoms with Gasteiger partial charge in [-0.3, -0.25) is 9.78 Å². The van der Waals surface area contributed by atoms with E-state index in [1.807, 2.05) is 12.1 Å². The molecule has 22 heavy (non-hydrogen) atoms. The number of carbonyl (C=O) groups is 1. The molecule has 5 heteroatoms. The Bertz CT molecular complexity index is 700. The molecule has 0 bridgehead atoms. The Morgan fingerprint density at radius 3 is 2.91 bits per heavy atom. The third-order valence-corrected chi connectivity index (χ3v) is 3.87. The molecule has 1 unspecified atom stereocenters. The second kappa shape index (κ2) is 6.15. The van der Waals surface area contributed by atoms with Gasteiger partial charge in [-0.05, 0) is 48.6 Å². The Kier molecular flexibility index (Phi) is 4.06. The van der Waals surface area contributed by atoms with Gasteiger partial charge < -0.3 is 15.8 Å². The number of nitrogens with two attached hydrogens (primary N) is 1. The van der Waals surface area contributed by atoms with Crippen molar-refractivity contribution in [1.29, 1.82) is 0 Å². The molecule has 3 N–H and O–H groups in total. The van der Waals surface area contributed by atoms with E-state index in [1.54, 1.807) is 25.4 Å². The zero-order chi connectivity index (χ0) is 15.5. The number of fused-ring (bicyclic) bond motifs is 1. The van der Waals surface area contributed by atoms with Gasteiger partial charge in [-0.2, -0.15) is 0 Å². The van der Waals surface area contributed by atoms with Gasteiger partial charge in [0.25, 0.3) is 5.91 Å². The van der Waals surface area contributed by atoms with Crippen LogP contribution in [0, 0.1) is 0 Å². The van der Waals surface area contributed by atoms with Crippen LogP contribution >= 0.6 is 0 Å². The topological polar surface area (TPSA) is 77.2 Å². The smallest absolute Gasteiger partial charge is 0.269 e. The lowest BCUT2D eigenvalue weighted by Gasteiger charge is -2.21. The number of carbonyl (C=O) groups excluding carboxylic acids is 1. The van der Waals surface area contributed by atoms with E-state index in [1.165, 1.54) is 11.1 Å². The maximum absolute atomic E-state index is 11.6. The fraction of sp³-hybridized carbons (Fsp3) is 0.294. The van der Waals surface area contributed by atoms with E-state index in [-0.39, 0.29) is 11.9 Å². The van der Waals surface area contributed by atoms with Crippen molar-refractivity contribution >= 4 is 5.91 Å². The lowest BCUT2D eigenvalue weighted by molar-refractivity contribution is 0.0958. The summed E-state index contributed by atoms with van der Waals surface area (Å²) in [6.45, 7) is 0. The quantitative estimate of drug-likeness (QED) is 0.909. The Balaban J connectivity index is 1.81. The summed E-state index contributed by atoms with van der Waals surface area (Å²) in [5, 5.41) is 2.55. The number of hydrogen-bond acceptors (Lipinski definition) is 4. The van der Waals surface area contributed by atoms with Crippen LogP contribution in [-0.2, 0) is 12.8 Å². The average molecular weight is 297 g/mol. The van der Waals surface area contributed by atoms with E-state index in [0.29, 0.717) is 11.4 Å². The molecule has 1 aliphatic carbocycles. The minimum absolute atomic E-state index is 0.225. The van der Waals surface area contributed by atoms with Crippen LogP contribution < -0.4 is 15.8 Å². The van der Waals surface area contributed by atoms with E-state index in [2.05, 4.69) is 16.4 Å². The second-order valence-electron chi connectivity index (χ2n) is 5.49. The summed E-state index contributed by atoms with van der Waals surface area (Å²) in [6, 6.07) is 9.67. The molecular formula is C17H19N3O2. The molecule has 1 amide bonds. The van der Waals surface area contributed by atoms with Gasteiger partial charge >= 0.3 is 0 Å². The van der Waals surface area contributed by atoms with Gasteiger partial charge in [-0.1, -0.05) is 6.07 Å². The fourth-order valence-corrected chi connectivity index (χ4v) is 2.69. The maximum Gasteiger partial charge on any atom is 0.269 e. The Morgan fingerprint density at radius 1 is 1.27 bits per heavy atom. The molecule has 2 aromatic rings. The standard InChI is InChI=1S/C17H19N3O2/c1-19-17(21)16-10-15(6-7-20-16)22-14-5-3-11-2-4-13(18)8-12(11)9-14/h3,5-7,9-10,13H,2,4,8,18H2,1H3,(H,19,21). The molecule has 0 saturated heterocycles. The summed E-state index contributed by atoms with van der Waals surface area (Å²) in [5.74, 6) is 1.11. The summed E-state index contributed by atoms with van der Waals surface area (Å²) in [7, 11) is 1.57. The van der Waals surface area contributed by atoms with Crippen molar-refractivity contribution < 1.29 is 9.53 Å². The number of rotatable bonds is 3. The molecule has 5 nitrogen and oxygen atoms in total. The number of aromatic nitrogens is 1. The Labute approximate surface area is 129 Å². The second-order valence-corrected chi connectivity index (χ2v) is 5.49. The van der Waals surface area contributed by atoms with Crippen molar-refractivity contribution in [3.63, 3.8) is 0 Å². The minimum Gasteiger partial charge on any atom is -0.457 e. The van der Waals surface area contributed by atoms with Crippen molar-refractivity contribution in [2.24, 2.45) is 5.73 Å². The lowest BCUT2D eigenvalue weighted by Crippen LogP contribution is -2.27. The summed E-state index contributed by atoms with van der Waals surface area (Å²) >= 11 is 0. The van der Waals surface area contributed by atoms with Gasteiger partial charge in [-0.25, -0.2) is 0 Å². The average Bonchev–Trinajstić information content (AvgIpc) is 2.54. The first-order valence-corrected chi connectivity index (χ1v) is 7.39.